The Bertz CT molecular complexity index is 286. The molecule has 0 aromatic heterocycles. The van der Waals surface area contributed by atoms with Crippen molar-refractivity contribution in [2.24, 2.45) is 0 Å². The molecule has 2 rings (SSSR count). The molecule has 1 aliphatic heterocycles. The Morgan fingerprint density at radius 3 is 2.62 bits per heavy atom. The number of amides is 1. The minimum absolute atomic E-state index is 0.0140. The van der Waals surface area contributed by atoms with E-state index in [9.17, 15) is 9.59 Å². The van der Waals surface area contributed by atoms with Gasteiger partial charge in [-0.15, -0.1) is 0 Å². The zero-order valence-electron chi connectivity index (χ0n) is 9.40. The predicted molar refractivity (Wildman–Crippen MR) is 55.8 cm³/mol. The van der Waals surface area contributed by atoms with Gasteiger partial charge in [0.1, 0.15) is 12.2 Å². The van der Waals surface area contributed by atoms with Crippen molar-refractivity contribution in [1.29, 1.82) is 0 Å². The first-order valence-corrected chi connectivity index (χ1v) is 5.84. The number of carbonyl (C=O) groups is 2. The monoisotopic (exact) mass is 227 g/mol. The van der Waals surface area contributed by atoms with Crippen LogP contribution < -0.4 is 5.32 Å². The van der Waals surface area contributed by atoms with Gasteiger partial charge in [-0.3, -0.25) is 0 Å². The van der Waals surface area contributed by atoms with Crippen LogP contribution in [0.1, 0.15) is 39.0 Å². The van der Waals surface area contributed by atoms with Crippen LogP contribution >= 0.6 is 0 Å². The number of carbonyl (C=O) groups excluding carboxylic acids is 2. The molecule has 1 unspecified atom stereocenters. The summed E-state index contributed by atoms with van der Waals surface area (Å²) in [5.41, 5.74) is 0. The summed E-state index contributed by atoms with van der Waals surface area (Å²) in [4.78, 5) is 22.4. The molecule has 5 nitrogen and oxygen atoms in total. The van der Waals surface area contributed by atoms with Crippen LogP contribution in [0.3, 0.4) is 0 Å². The second-order valence-corrected chi connectivity index (χ2v) is 4.43. The van der Waals surface area contributed by atoms with E-state index >= 15 is 0 Å². The highest BCUT2D eigenvalue weighted by Crippen LogP contribution is 2.21. The van der Waals surface area contributed by atoms with Gasteiger partial charge in [0.05, 0.1) is 0 Å². The highest BCUT2D eigenvalue weighted by atomic mass is 16.6. The maximum Gasteiger partial charge on any atom is 0.408 e. The van der Waals surface area contributed by atoms with Gasteiger partial charge in [0, 0.05) is 0 Å². The molecule has 0 bridgehead atoms. The molecule has 5 heteroatoms. The van der Waals surface area contributed by atoms with E-state index in [1.165, 1.54) is 6.42 Å². The number of alkyl carbamates (subject to hydrolysis) is 1. The van der Waals surface area contributed by atoms with Crippen molar-refractivity contribution in [3.63, 3.8) is 0 Å². The van der Waals surface area contributed by atoms with Gasteiger partial charge >= 0.3 is 12.1 Å². The van der Waals surface area contributed by atoms with Crippen LogP contribution in [0.25, 0.3) is 0 Å². The van der Waals surface area contributed by atoms with E-state index in [4.69, 9.17) is 9.47 Å². The Hall–Kier alpha value is -1.26. The molecule has 2 atom stereocenters. The first-order chi connectivity index (χ1) is 7.66. The lowest BCUT2D eigenvalue weighted by atomic mass is 9.98. The van der Waals surface area contributed by atoms with Gasteiger partial charge < -0.3 is 14.8 Å². The molecule has 16 heavy (non-hydrogen) atoms. The van der Waals surface area contributed by atoms with E-state index in [1.54, 1.807) is 6.92 Å². The third kappa shape index (κ3) is 2.46. The van der Waals surface area contributed by atoms with Crippen LogP contribution in [-0.2, 0) is 14.3 Å². The minimum Gasteiger partial charge on any atom is -0.458 e. The third-order valence-electron chi connectivity index (χ3n) is 3.12. The molecule has 1 saturated heterocycles. The van der Waals surface area contributed by atoms with Crippen molar-refractivity contribution in [1.82, 2.24) is 5.32 Å². The molecule has 90 valence electrons. The fraction of sp³-hybridized carbons (Fsp3) is 0.818. The average Bonchev–Trinajstić information content (AvgIpc) is 2.28. The molecule has 1 amide bonds. The van der Waals surface area contributed by atoms with Gasteiger partial charge in [-0.1, -0.05) is 6.42 Å². The summed E-state index contributed by atoms with van der Waals surface area (Å²) >= 11 is 0. The van der Waals surface area contributed by atoms with E-state index in [0.29, 0.717) is 0 Å². The number of rotatable bonds is 2. The number of ether oxygens (including phenoxy) is 2. The molecule has 2 aliphatic rings. The first kappa shape index (κ1) is 11.2. The highest BCUT2D eigenvalue weighted by Gasteiger charge is 2.40. The Balaban J connectivity index is 1.73. The van der Waals surface area contributed by atoms with Crippen molar-refractivity contribution in [2.45, 2.75) is 57.3 Å². The van der Waals surface area contributed by atoms with Crippen molar-refractivity contribution >= 4 is 12.1 Å². The van der Waals surface area contributed by atoms with Crippen LogP contribution in [0.5, 0.6) is 0 Å². The smallest absolute Gasteiger partial charge is 0.408 e. The van der Waals surface area contributed by atoms with Gasteiger partial charge in [0.25, 0.3) is 0 Å². The Morgan fingerprint density at radius 2 is 2.06 bits per heavy atom. The molecule has 1 heterocycles. The molecule has 0 aromatic rings. The third-order valence-corrected chi connectivity index (χ3v) is 3.12. The second-order valence-electron chi connectivity index (χ2n) is 4.43. The predicted octanol–water partition coefficient (Wildman–Crippen LogP) is 1.36. The molecular formula is C11H17NO4. The standard InChI is InChI=1S/C11H17NO4/c1-7-9(10(13)15-7)12-11(14)16-8-5-3-2-4-6-8/h7-9H,2-6H2,1H3,(H,12,14)/t7-,9?/m0/s1. The maximum absolute atomic E-state index is 11.5. The summed E-state index contributed by atoms with van der Waals surface area (Å²) in [7, 11) is 0. The van der Waals surface area contributed by atoms with E-state index in [0.717, 1.165) is 25.7 Å². The lowest BCUT2D eigenvalue weighted by molar-refractivity contribution is -0.174. The first-order valence-electron chi connectivity index (χ1n) is 5.84. The molecule has 1 saturated carbocycles. The SMILES string of the molecule is C[C@@H]1OC(=O)C1NC(=O)OC1CCCCC1. The Kier molecular flexibility index (Phi) is 3.31. The molecule has 1 N–H and O–H groups in total. The second kappa shape index (κ2) is 4.72. The van der Waals surface area contributed by atoms with Crippen molar-refractivity contribution < 1.29 is 19.1 Å². The summed E-state index contributed by atoms with van der Waals surface area (Å²) in [5.74, 6) is -0.381. The molecule has 2 fully saturated rings. The lowest BCUT2D eigenvalue weighted by Crippen LogP contribution is -2.58. The molecule has 0 aromatic carbocycles. The topological polar surface area (TPSA) is 64.6 Å². The van der Waals surface area contributed by atoms with Crippen LogP contribution in [0.15, 0.2) is 0 Å². The van der Waals surface area contributed by atoms with E-state index in [2.05, 4.69) is 5.32 Å². The molecular weight excluding hydrogens is 210 g/mol. The normalized spacial score (nSPS) is 30.2. The van der Waals surface area contributed by atoms with E-state index in [-0.39, 0.29) is 18.2 Å². The number of esters is 1. The van der Waals surface area contributed by atoms with Gasteiger partial charge in [0.15, 0.2) is 6.04 Å². The van der Waals surface area contributed by atoms with E-state index < -0.39 is 12.1 Å². The molecule has 0 spiro atoms. The molecule has 1 aliphatic carbocycles. The summed E-state index contributed by atoms with van der Waals surface area (Å²) in [6, 6.07) is -0.531. The van der Waals surface area contributed by atoms with Crippen LogP contribution in [0.4, 0.5) is 4.79 Å². The summed E-state index contributed by atoms with van der Waals surface area (Å²) in [5, 5.41) is 2.53. The number of cyclic esters (lactones) is 1. The number of nitrogens with one attached hydrogen (secondary N) is 1. The van der Waals surface area contributed by atoms with Crippen LogP contribution in [-0.4, -0.2) is 30.3 Å². The van der Waals surface area contributed by atoms with Gasteiger partial charge in [0.2, 0.25) is 0 Å². The van der Waals surface area contributed by atoms with Gasteiger partial charge in [-0.25, -0.2) is 9.59 Å². The number of hydrogen-bond acceptors (Lipinski definition) is 4. The van der Waals surface area contributed by atoms with Crippen molar-refractivity contribution in [3.8, 4) is 0 Å². The van der Waals surface area contributed by atoms with E-state index in [1.807, 2.05) is 0 Å². The number of hydrogen-bond donors (Lipinski definition) is 1. The Morgan fingerprint density at radius 1 is 1.38 bits per heavy atom. The summed E-state index contributed by atoms with van der Waals surface area (Å²) in [6.07, 6.45) is 4.57. The largest absolute Gasteiger partial charge is 0.458 e. The molecule has 0 radical (unpaired) electrons. The quantitative estimate of drug-likeness (QED) is 0.723. The highest BCUT2D eigenvalue weighted by molar-refractivity contribution is 5.86. The summed E-state index contributed by atoms with van der Waals surface area (Å²) in [6.45, 7) is 1.74. The summed E-state index contributed by atoms with van der Waals surface area (Å²) < 4.78 is 9.97. The Labute approximate surface area is 94.5 Å². The maximum atomic E-state index is 11.5. The fourth-order valence-electron chi connectivity index (χ4n) is 2.12. The van der Waals surface area contributed by atoms with Crippen molar-refractivity contribution in [3.05, 3.63) is 0 Å². The zero-order valence-corrected chi connectivity index (χ0v) is 9.40. The average molecular weight is 227 g/mol. The zero-order chi connectivity index (χ0) is 11.5. The van der Waals surface area contributed by atoms with Gasteiger partial charge in [-0.2, -0.15) is 0 Å². The van der Waals surface area contributed by atoms with Crippen LogP contribution in [0.2, 0.25) is 0 Å². The minimum atomic E-state index is -0.531. The fourth-order valence-corrected chi connectivity index (χ4v) is 2.12. The lowest BCUT2D eigenvalue weighted by Gasteiger charge is -2.33. The van der Waals surface area contributed by atoms with Crippen molar-refractivity contribution in [2.75, 3.05) is 0 Å². The van der Waals surface area contributed by atoms with Gasteiger partial charge in [-0.05, 0) is 32.6 Å². The van der Waals surface area contributed by atoms with Crippen LogP contribution in [0, 0.1) is 0 Å².